The van der Waals surface area contributed by atoms with Crippen LogP contribution in [0.15, 0.2) is 18.2 Å². The van der Waals surface area contributed by atoms with Gasteiger partial charge in [0.15, 0.2) is 0 Å². The van der Waals surface area contributed by atoms with E-state index in [0.29, 0.717) is 5.69 Å². The highest BCUT2D eigenvalue weighted by Crippen LogP contribution is 2.20. The third-order valence-corrected chi connectivity index (χ3v) is 2.06. The SMILES string of the molecule is COc1cc(N)ccc1C#CCCBr. The smallest absolute Gasteiger partial charge is 0.136 e. The van der Waals surface area contributed by atoms with Crippen molar-refractivity contribution in [2.24, 2.45) is 0 Å². The van der Waals surface area contributed by atoms with E-state index < -0.39 is 0 Å². The van der Waals surface area contributed by atoms with Gasteiger partial charge in [0.25, 0.3) is 0 Å². The van der Waals surface area contributed by atoms with Gasteiger partial charge in [-0.15, -0.1) is 0 Å². The van der Waals surface area contributed by atoms with Crippen LogP contribution in [0, 0.1) is 11.8 Å². The first-order valence-electron chi connectivity index (χ1n) is 4.26. The topological polar surface area (TPSA) is 35.2 Å². The molecule has 0 unspecified atom stereocenters. The molecule has 3 heteroatoms. The van der Waals surface area contributed by atoms with E-state index in [1.54, 1.807) is 13.2 Å². The number of benzene rings is 1. The first-order valence-corrected chi connectivity index (χ1v) is 5.38. The quantitative estimate of drug-likeness (QED) is 0.499. The lowest BCUT2D eigenvalue weighted by atomic mass is 10.2. The van der Waals surface area contributed by atoms with Gasteiger partial charge in [-0.25, -0.2) is 0 Å². The number of nitrogen functional groups attached to an aromatic ring is 1. The molecule has 1 rings (SSSR count). The minimum absolute atomic E-state index is 0.688. The predicted octanol–water partition coefficient (Wildman–Crippen LogP) is 2.41. The molecule has 14 heavy (non-hydrogen) atoms. The van der Waals surface area contributed by atoms with Crippen LogP contribution in [0.25, 0.3) is 0 Å². The number of alkyl halides is 1. The third kappa shape index (κ3) is 2.97. The van der Waals surface area contributed by atoms with Crippen LogP contribution in [0.2, 0.25) is 0 Å². The third-order valence-electron chi connectivity index (χ3n) is 1.67. The molecule has 0 saturated heterocycles. The molecule has 2 N–H and O–H groups in total. The van der Waals surface area contributed by atoms with Crippen LogP contribution in [0.1, 0.15) is 12.0 Å². The summed E-state index contributed by atoms with van der Waals surface area (Å²) in [7, 11) is 1.62. The summed E-state index contributed by atoms with van der Waals surface area (Å²) < 4.78 is 5.16. The number of hydrogen-bond acceptors (Lipinski definition) is 2. The first-order chi connectivity index (χ1) is 6.77. The van der Waals surface area contributed by atoms with E-state index >= 15 is 0 Å². The Labute approximate surface area is 92.6 Å². The largest absolute Gasteiger partial charge is 0.495 e. The highest BCUT2D eigenvalue weighted by atomic mass is 79.9. The van der Waals surface area contributed by atoms with Crippen molar-refractivity contribution >= 4 is 21.6 Å². The van der Waals surface area contributed by atoms with Gasteiger partial charge in [-0.1, -0.05) is 27.8 Å². The second-order valence-electron chi connectivity index (χ2n) is 2.70. The second-order valence-corrected chi connectivity index (χ2v) is 3.49. The number of halogens is 1. The van der Waals surface area contributed by atoms with Gasteiger partial charge in [-0.3, -0.25) is 0 Å². The Kier molecular flexibility index (Phi) is 4.34. The summed E-state index contributed by atoms with van der Waals surface area (Å²) in [6.45, 7) is 0. The zero-order valence-corrected chi connectivity index (χ0v) is 9.60. The number of ether oxygens (including phenoxy) is 1. The van der Waals surface area contributed by atoms with E-state index in [4.69, 9.17) is 10.5 Å². The maximum absolute atomic E-state index is 5.62. The van der Waals surface area contributed by atoms with Crippen molar-refractivity contribution in [2.45, 2.75) is 6.42 Å². The molecule has 1 aromatic carbocycles. The fraction of sp³-hybridized carbons (Fsp3) is 0.273. The lowest BCUT2D eigenvalue weighted by Crippen LogP contribution is -1.91. The molecule has 0 amide bonds. The van der Waals surface area contributed by atoms with E-state index in [1.165, 1.54) is 0 Å². The molecule has 74 valence electrons. The normalized spacial score (nSPS) is 9.00. The summed E-state index contributed by atoms with van der Waals surface area (Å²) in [5.74, 6) is 6.79. The van der Waals surface area contributed by atoms with Crippen molar-refractivity contribution in [2.75, 3.05) is 18.2 Å². The van der Waals surface area contributed by atoms with Crippen LogP contribution in [-0.2, 0) is 0 Å². The summed E-state index contributed by atoms with van der Waals surface area (Å²) in [6, 6.07) is 5.47. The maximum Gasteiger partial charge on any atom is 0.136 e. The molecule has 0 aliphatic rings. The second kappa shape index (κ2) is 5.56. The van der Waals surface area contributed by atoms with Crippen molar-refractivity contribution in [3.8, 4) is 17.6 Å². The van der Waals surface area contributed by atoms with Crippen molar-refractivity contribution in [3.05, 3.63) is 23.8 Å². The zero-order chi connectivity index (χ0) is 10.4. The lowest BCUT2D eigenvalue weighted by Gasteiger charge is -2.03. The molecular formula is C11H12BrNO. The first kappa shape index (κ1) is 10.9. The predicted molar refractivity (Wildman–Crippen MR) is 62.7 cm³/mol. The molecule has 0 aromatic heterocycles. The Balaban J connectivity index is 2.92. The molecule has 2 nitrogen and oxygen atoms in total. The summed E-state index contributed by atoms with van der Waals surface area (Å²) in [5, 5.41) is 0.886. The Morgan fingerprint density at radius 3 is 2.93 bits per heavy atom. The minimum atomic E-state index is 0.688. The maximum atomic E-state index is 5.62. The number of rotatable bonds is 2. The molecule has 0 spiro atoms. The molecule has 0 radical (unpaired) electrons. The highest BCUT2D eigenvalue weighted by molar-refractivity contribution is 9.09. The van der Waals surface area contributed by atoms with Crippen LogP contribution in [0.3, 0.4) is 0 Å². The molecule has 0 fully saturated rings. The van der Waals surface area contributed by atoms with Gasteiger partial charge in [0.05, 0.1) is 12.7 Å². The molecule has 0 saturated carbocycles. The van der Waals surface area contributed by atoms with Gasteiger partial charge in [0.2, 0.25) is 0 Å². The number of methoxy groups -OCH3 is 1. The Hall–Kier alpha value is -1.14. The molecule has 1 aromatic rings. The van der Waals surface area contributed by atoms with Gasteiger partial charge >= 0.3 is 0 Å². The van der Waals surface area contributed by atoms with E-state index in [0.717, 1.165) is 23.1 Å². The number of anilines is 1. The van der Waals surface area contributed by atoms with Crippen LogP contribution in [0.4, 0.5) is 5.69 Å². The van der Waals surface area contributed by atoms with Crippen LogP contribution < -0.4 is 10.5 Å². The minimum Gasteiger partial charge on any atom is -0.495 e. The zero-order valence-electron chi connectivity index (χ0n) is 8.01. The van der Waals surface area contributed by atoms with E-state index in [-0.39, 0.29) is 0 Å². The summed E-state index contributed by atoms with van der Waals surface area (Å²) in [5.41, 5.74) is 7.19. The molecule has 0 heterocycles. The average molecular weight is 254 g/mol. The monoisotopic (exact) mass is 253 g/mol. The van der Waals surface area contributed by atoms with Crippen molar-refractivity contribution in [1.82, 2.24) is 0 Å². The molecular weight excluding hydrogens is 242 g/mol. The molecule has 0 atom stereocenters. The van der Waals surface area contributed by atoms with E-state index in [9.17, 15) is 0 Å². The molecule has 0 bridgehead atoms. The molecule has 0 aliphatic carbocycles. The van der Waals surface area contributed by atoms with Gasteiger partial charge in [-0.05, 0) is 12.1 Å². The average Bonchev–Trinajstić information content (AvgIpc) is 2.20. The fourth-order valence-electron chi connectivity index (χ4n) is 1.02. The van der Waals surface area contributed by atoms with Crippen molar-refractivity contribution in [1.29, 1.82) is 0 Å². The van der Waals surface area contributed by atoms with Crippen LogP contribution in [0.5, 0.6) is 5.75 Å². The Morgan fingerprint density at radius 1 is 1.50 bits per heavy atom. The van der Waals surface area contributed by atoms with Crippen molar-refractivity contribution in [3.63, 3.8) is 0 Å². The number of nitrogens with two attached hydrogens (primary N) is 1. The van der Waals surface area contributed by atoms with Crippen LogP contribution in [-0.4, -0.2) is 12.4 Å². The lowest BCUT2D eigenvalue weighted by molar-refractivity contribution is 0.414. The fourth-order valence-corrected chi connectivity index (χ4v) is 1.21. The molecule has 0 aliphatic heterocycles. The summed E-state index contributed by atoms with van der Waals surface area (Å²) in [6.07, 6.45) is 0.827. The Morgan fingerprint density at radius 2 is 2.29 bits per heavy atom. The number of hydrogen-bond donors (Lipinski definition) is 1. The van der Waals surface area contributed by atoms with Gasteiger partial charge in [0, 0.05) is 23.5 Å². The summed E-state index contributed by atoms with van der Waals surface area (Å²) >= 11 is 3.32. The van der Waals surface area contributed by atoms with Gasteiger partial charge in [0.1, 0.15) is 5.75 Å². The van der Waals surface area contributed by atoms with E-state index in [2.05, 4.69) is 27.8 Å². The highest BCUT2D eigenvalue weighted by Gasteiger charge is 1.99. The van der Waals surface area contributed by atoms with Gasteiger partial charge < -0.3 is 10.5 Å². The van der Waals surface area contributed by atoms with E-state index in [1.807, 2.05) is 12.1 Å². The van der Waals surface area contributed by atoms with Gasteiger partial charge in [-0.2, -0.15) is 0 Å². The van der Waals surface area contributed by atoms with Crippen LogP contribution >= 0.6 is 15.9 Å². The Bertz CT molecular complexity index is 365. The summed E-state index contributed by atoms with van der Waals surface area (Å²) in [4.78, 5) is 0. The van der Waals surface area contributed by atoms with Crippen molar-refractivity contribution < 1.29 is 4.74 Å². The standard InChI is InChI=1S/C11H12BrNO/c1-14-11-8-10(13)6-5-9(11)4-2-3-7-12/h5-6,8H,3,7,13H2,1H3.